The minimum Gasteiger partial charge on any atom is -0.346 e. The van der Waals surface area contributed by atoms with Gasteiger partial charge in [-0.15, -0.1) is 0 Å². The van der Waals surface area contributed by atoms with Gasteiger partial charge in [0.05, 0.1) is 12.0 Å². The minimum absolute atomic E-state index is 0.0762. The van der Waals surface area contributed by atoms with Gasteiger partial charge < -0.3 is 10.2 Å². The van der Waals surface area contributed by atoms with Gasteiger partial charge in [-0.1, -0.05) is 12.8 Å². The van der Waals surface area contributed by atoms with E-state index in [9.17, 15) is 9.59 Å². The molecule has 2 amide bonds. The normalized spacial score (nSPS) is 24.5. The summed E-state index contributed by atoms with van der Waals surface area (Å²) in [4.78, 5) is 30.4. The van der Waals surface area contributed by atoms with Crippen LogP contribution in [-0.4, -0.2) is 44.5 Å². The van der Waals surface area contributed by atoms with Crippen LogP contribution in [0, 0.1) is 5.92 Å². The molecule has 0 radical (unpaired) electrons. The molecule has 1 aromatic rings. The van der Waals surface area contributed by atoms with E-state index in [1.54, 1.807) is 0 Å². The Morgan fingerprint density at radius 1 is 1.48 bits per heavy atom. The van der Waals surface area contributed by atoms with Crippen LogP contribution in [0.5, 0.6) is 0 Å². The summed E-state index contributed by atoms with van der Waals surface area (Å²) in [5.41, 5.74) is 0. The third-order valence-corrected chi connectivity index (χ3v) is 4.50. The van der Waals surface area contributed by atoms with Crippen LogP contribution in [-0.2, 0) is 9.59 Å². The highest BCUT2D eigenvalue weighted by Crippen LogP contribution is 2.29. The maximum atomic E-state index is 12.3. The number of nitrogens with one attached hydrogen (secondary N) is 2. The molecule has 1 aromatic heterocycles. The maximum Gasteiger partial charge on any atom is 0.226 e. The monoisotopic (exact) mass is 291 g/mol. The summed E-state index contributed by atoms with van der Waals surface area (Å²) >= 11 is 0. The Balaban J connectivity index is 1.57. The molecule has 21 heavy (non-hydrogen) atoms. The van der Waals surface area contributed by atoms with Crippen LogP contribution in [0.2, 0.25) is 0 Å². The molecule has 2 heterocycles. The first kappa shape index (κ1) is 14.0. The Hall–Kier alpha value is -1.92. The van der Waals surface area contributed by atoms with Crippen LogP contribution in [0.3, 0.4) is 0 Å². The Morgan fingerprint density at radius 3 is 2.90 bits per heavy atom. The molecule has 2 atom stereocenters. The standard InChI is InChI=1S/C14H21N5O2/c1-9(13-15-8-16-18-13)17-14(21)10-6-12(20)19(7-10)11-4-2-3-5-11/h8-11H,2-7H2,1H3,(H,17,21)(H,15,16,18). The summed E-state index contributed by atoms with van der Waals surface area (Å²) in [5.74, 6) is 0.422. The SMILES string of the molecule is CC(NC(=O)C1CC(=O)N(C2CCCC2)C1)c1ncn[nH]1. The number of aromatic amines is 1. The number of hydrogen-bond acceptors (Lipinski definition) is 4. The zero-order valence-electron chi connectivity index (χ0n) is 12.2. The molecule has 2 fully saturated rings. The van der Waals surface area contributed by atoms with E-state index in [1.807, 2.05) is 11.8 Å². The van der Waals surface area contributed by atoms with Crippen molar-refractivity contribution in [2.75, 3.05) is 6.54 Å². The van der Waals surface area contributed by atoms with Crippen molar-refractivity contribution in [2.24, 2.45) is 5.92 Å². The molecule has 7 heteroatoms. The van der Waals surface area contributed by atoms with Gasteiger partial charge in [0, 0.05) is 19.0 Å². The largest absolute Gasteiger partial charge is 0.346 e. The number of likely N-dealkylation sites (tertiary alicyclic amines) is 1. The van der Waals surface area contributed by atoms with Gasteiger partial charge in [-0.05, 0) is 19.8 Å². The van der Waals surface area contributed by atoms with Crippen molar-refractivity contribution in [3.63, 3.8) is 0 Å². The lowest BCUT2D eigenvalue weighted by Gasteiger charge is -2.24. The van der Waals surface area contributed by atoms with Crippen molar-refractivity contribution >= 4 is 11.8 Å². The molecule has 0 aromatic carbocycles. The highest BCUT2D eigenvalue weighted by atomic mass is 16.2. The van der Waals surface area contributed by atoms with E-state index in [4.69, 9.17) is 0 Å². The Kier molecular flexibility index (Phi) is 3.90. The number of nitrogens with zero attached hydrogens (tertiary/aromatic N) is 3. The molecular formula is C14H21N5O2. The van der Waals surface area contributed by atoms with Crippen molar-refractivity contribution in [2.45, 2.75) is 51.1 Å². The van der Waals surface area contributed by atoms with Gasteiger partial charge in [0.1, 0.15) is 12.2 Å². The van der Waals surface area contributed by atoms with Crippen molar-refractivity contribution < 1.29 is 9.59 Å². The van der Waals surface area contributed by atoms with Crippen LogP contribution in [0.25, 0.3) is 0 Å². The van der Waals surface area contributed by atoms with E-state index >= 15 is 0 Å². The van der Waals surface area contributed by atoms with Gasteiger partial charge in [-0.25, -0.2) is 4.98 Å². The molecule has 7 nitrogen and oxygen atoms in total. The molecule has 2 aliphatic rings. The number of hydrogen-bond donors (Lipinski definition) is 2. The van der Waals surface area contributed by atoms with Gasteiger partial charge in [0.25, 0.3) is 0 Å². The molecule has 1 saturated heterocycles. The molecule has 0 bridgehead atoms. The van der Waals surface area contributed by atoms with Gasteiger partial charge in [0.15, 0.2) is 0 Å². The van der Waals surface area contributed by atoms with E-state index in [-0.39, 0.29) is 23.8 Å². The molecule has 1 aliphatic heterocycles. The number of rotatable bonds is 4. The predicted molar refractivity (Wildman–Crippen MR) is 75.0 cm³/mol. The summed E-state index contributed by atoms with van der Waals surface area (Å²) in [5, 5.41) is 9.42. The van der Waals surface area contributed by atoms with Crippen molar-refractivity contribution in [1.82, 2.24) is 25.4 Å². The summed E-state index contributed by atoms with van der Waals surface area (Å²) in [6.45, 7) is 2.41. The van der Waals surface area contributed by atoms with Crippen molar-refractivity contribution in [3.8, 4) is 0 Å². The molecule has 1 aliphatic carbocycles. The Labute approximate surface area is 123 Å². The fourth-order valence-corrected chi connectivity index (χ4v) is 3.30. The summed E-state index contributed by atoms with van der Waals surface area (Å²) in [6, 6.07) is 0.123. The zero-order valence-corrected chi connectivity index (χ0v) is 12.2. The zero-order chi connectivity index (χ0) is 14.8. The van der Waals surface area contributed by atoms with Gasteiger partial charge in [-0.2, -0.15) is 5.10 Å². The first-order valence-electron chi connectivity index (χ1n) is 7.60. The van der Waals surface area contributed by atoms with Gasteiger partial charge >= 0.3 is 0 Å². The number of H-pyrrole nitrogens is 1. The quantitative estimate of drug-likeness (QED) is 0.857. The van der Waals surface area contributed by atoms with Gasteiger partial charge in [0.2, 0.25) is 11.8 Å². The Morgan fingerprint density at radius 2 is 2.24 bits per heavy atom. The van der Waals surface area contributed by atoms with Crippen LogP contribution in [0.15, 0.2) is 6.33 Å². The lowest BCUT2D eigenvalue weighted by Crippen LogP contribution is -2.37. The third kappa shape index (κ3) is 2.91. The number of amides is 2. The van der Waals surface area contributed by atoms with Crippen LogP contribution < -0.4 is 5.32 Å². The lowest BCUT2D eigenvalue weighted by atomic mass is 10.1. The minimum atomic E-state index is -0.247. The maximum absolute atomic E-state index is 12.3. The second-order valence-corrected chi connectivity index (χ2v) is 5.99. The number of carbonyl (C=O) groups is 2. The van der Waals surface area contributed by atoms with E-state index in [1.165, 1.54) is 19.2 Å². The van der Waals surface area contributed by atoms with Crippen molar-refractivity contribution in [3.05, 3.63) is 12.2 Å². The van der Waals surface area contributed by atoms with Crippen LogP contribution >= 0.6 is 0 Å². The second-order valence-electron chi connectivity index (χ2n) is 5.99. The Bertz CT molecular complexity index is 509. The fraction of sp³-hybridized carbons (Fsp3) is 0.714. The predicted octanol–water partition coefficient (Wildman–Crippen LogP) is 0.773. The topological polar surface area (TPSA) is 91.0 Å². The summed E-state index contributed by atoms with van der Waals surface area (Å²) < 4.78 is 0. The molecule has 1 saturated carbocycles. The molecule has 2 N–H and O–H groups in total. The van der Waals surface area contributed by atoms with E-state index in [2.05, 4.69) is 20.5 Å². The molecule has 2 unspecified atom stereocenters. The van der Waals surface area contributed by atoms with E-state index < -0.39 is 0 Å². The average molecular weight is 291 g/mol. The van der Waals surface area contributed by atoms with E-state index in [0.717, 1.165) is 12.8 Å². The van der Waals surface area contributed by atoms with Crippen LogP contribution in [0.4, 0.5) is 0 Å². The molecule has 114 valence electrons. The van der Waals surface area contributed by atoms with Crippen LogP contribution in [0.1, 0.15) is 50.9 Å². The van der Waals surface area contributed by atoms with Gasteiger partial charge in [-0.3, -0.25) is 14.7 Å². The lowest BCUT2D eigenvalue weighted by molar-refractivity contribution is -0.130. The molecule has 3 rings (SSSR count). The summed E-state index contributed by atoms with van der Waals surface area (Å²) in [6.07, 6.45) is 6.27. The number of aromatic nitrogens is 3. The average Bonchev–Trinajstić information content (AvgIpc) is 3.20. The molecule has 0 spiro atoms. The smallest absolute Gasteiger partial charge is 0.226 e. The first-order chi connectivity index (χ1) is 10.1. The third-order valence-electron chi connectivity index (χ3n) is 4.50. The molecular weight excluding hydrogens is 270 g/mol. The highest BCUT2D eigenvalue weighted by molar-refractivity contribution is 5.89. The van der Waals surface area contributed by atoms with Crippen molar-refractivity contribution in [1.29, 1.82) is 0 Å². The summed E-state index contributed by atoms with van der Waals surface area (Å²) in [7, 11) is 0. The van der Waals surface area contributed by atoms with E-state index in [0.29, 0.717) is 24.8 Å². The fourth-order valence-electron chi connectivity index (χ4n) is 3.30. The second kappa shape index (κ2) is 5.83. The highest BCUT2D eigenvalue weighted by Gasteiger charge is 2.38. The number of carbonyl (C=O) groups excluding carboxylic acids is 2. The first-order valence-corrected chi connectivity index (χ1v) is 7.60.